The number of rotatable bonds is 13. The van der Waals surface area contributed by atoms with Gasteiger partial charge in [0.05, 0.1) is 18.3 Å². The molecule has 45 heavy (non-hydrogen) atoms. The van der Waals surface area contributed by atoms with Crippen molar-refractivity contribution in [1.29, 1.82) is 0 Å². The summed E-state index contributed by atoms with van der Waals surface area (Å²) < 4.78 is 7.59. The molecule has 1 amide bonds. The van der Waals surface area contributed by atoms with Gasteiger partial charge in [0.15, 0.2) is 5.78 Å². The van der Waals surface area contributed by atoms with Crippen LogP contribution in [0.1, 0.15) is 33.6 Å². The van der Waals surface area contributed by atoms with E-state index in [-0.39, 0.29) is 23.8 Å². The monoisotopic (exact) mass is 597 g/mol. The Morgan fingerprint density at radius 1 is 1.02 bits per heavy atom. The second kappa shape index (κ2) is 14.0. The van der Waals surface area contributed by atoms with Crippen LogP contribution >= 0.6 is 0 Å². The predicted octanol–water partition coefficient (Wildman–Crippen LogP) is 5.88. The summed E-state index contributed by atoms with van der Waals surface area (Å²) in [5, 5.41) is 11.9. The Bertz CT molecular complexity index is 1750. The number of aromatic nitrogens is 3. The SMILES string of the molecule is Cc1ccc(N2C(=O)[C@@H](NCc3cn(CCOc4ccc(C(=O)/C=C/C5=CCC=C5)cc4)nn3)[C@H]2/C=C/c2ccccc2)cc1. The van der Waals surface area contributed by atoms with Gasteiger partial charge in [-0.1, -0.05) is 89.7 Å². The number of β-lactam (4-membered cyclic amide) rings is 1. The number of ketones is 1. The average Bonchev–Trinajstić information content (AvgIpc) is 3.76. The number of nitrogens with zero attached hydrogens (tertiary/aromatic N) is 4. The van der Waals surface area contributed by atoms with Crippen LogP contribution in [0.2, 0.25) is 0 Å². The van der Waals surface area contributed by atoms with E-state index in [1.807, 2.05) is 84.8 Å². The third-order valence-electron chi connectivity index (χ3n) is 7.78. The van der Waals surface area contributed by atoms with Gasteiger partial charge < -0.3 is 9.64 Å². The number of allylic oxidation sites excluding steroid dienone is 6. The van der Waals surface area contributed by atoms with E-state index in [2.05, 4.69) is 39.9 Å². The van der Waals surface area contributed by atoms with Crippen molar-refractivity contribution in [3.63, 3.8) is 0 Å². The molecule has 0 bridgehead atoms. The number of carbonyl (C=O) groups excluding carboxylic acids is 2. The summed E-state index contributed by atoms with van der Waals surface area (Å²) in [4.78, 5) is 27.5. The summed E-state index contributed by atoms with van der Waals surface area (Å²) >= 11 is 0. The quantitative estimate of drug-likeness (QED) is 0.118. The minimum Gasteiger partial charge on any atom is -0.492 e. The standard InChI is InChI=1S/C37H35N5O3/c1-27-11-17-32(18-12-27)42-34(21-13-28-7-3-2-4-8-28)36(37(42)44)38-25-31-26-41(40-39-31)23-24-45-33-19-15-30(16-20-33)35(43)22-14-29-9-5-6-10-29/h2-5,7-22,26,34,36,38H,6,23-25H2,1H3/b21-13+,22-14+/t34-,36+/m1/s1. The molecule has 3 aromatic carbocycles. The van der Waals surface area contributed by atoms with Crippen molar-refractivity contribution in [2.24, 2.45) is 0 Å². The fourth-order valence-corrected chi connectivity index (χ4v) is 5.28. The number of benzene rings is 3. The predicted molar refractivity (Wildman–Crippen MR) is 176 cm³/mol. The zero-order chi connectivity index (χ0) is 31.0. The maximum atomic E-state index is 13.3. The molecule has 8 heteroatoms. The first-order valence-corrected chi connectivity index (χ1v) is 15.1. The molecule has 6 rings (SSSR count). The highest BCUT2D eigenvalue weighted by Gasteiger charge is 2.46. The van der Waals surface area contributed by atoms with Crippen molar-refractivity contribution < 1.29 is 14.3 Å². The van der Waals surface area contributed by atoms with Crippen LogP contribution in [-0.2, 0) is 17.9 Å². The highest BCUT2D eigenvalue weighted by Crippen LogP contribution is 2.30. The smallest absolute Gasteiger partial charge is 0.247 e. The molecule has 1 aromatic heterocycles. The first-order valence-electron chi connectivity index (χ1n) is 15.1. The largest absolute Gasteiger partial charge is 0.492 e. The Balaban J connectivity index is 1.00. The normalized spacial score (nSPS) is 17.7. The van der Waals surface area contributed by atoms with Crippen LogP contribution in [-0.4, -0.2) is 45.4 Å². The first-order chi connectivity index (χ1) is 22.0. The number of hydrogen-bond donors (Lipinski definition) is 1. The third-order valence-corrected chi connectivity index (χ3v) is 7.78. The number of nitrogens with one attached hydrogen (secondary N) is 1. The summed E-state index contributed by atoms with van der Waals surface area (Å²) in [5.41, 5.74) is 5.51. The summed E-state index contributed by atoms with van der Waals surface area (Å²) in [7, 11) is 0. The maximum Gasteiger partial charge on any atom is 0.247 e. The van der Waals surface area contributed by atoms with Gasteiger partial charge in [-0.2, -0.15) is 0 Å². The lowest BCUT2D eigenvalue weighted by Crippen LogP contribution is -2.69. The van der Waals surface area contributed by atoms with Crippen LogP contribution in [0.15, 0.2) is 127 Å². The second-order valence-electron chi connectivity index (χ2n) is 11.0. The van der Waals surface area contributed by atoms with Crippen molar-refractivity contribution in [2.75, 3.05) is 11.5 Å². The molecule has 2 aliphatic rings. The van der Waals surface area contributed by atoms with Crippen molar-refractivity contribution in [2.45, 2.75) is 38.5 Å². The molecule has 226 valence electrons. The van der Waals surface area contributed by atoms with Gasteiger partial charge in [0.25, 0.3) is 0 Å². The van der Waals surface area contributed by atoms with Gasteiger partial charge in [-0.25, -0.2) is 4.68 Å². The van der Waals surface area contributed by atoms with Crippen molar-refractivity contribution in [1.82, 2.24) is 20.3 Å². The van der Waals surface area contributed by atoms with Gasteiger partial charge in [-0.05, 0) is 67.0 Å². The fourth-order valence-electron chi connectivity index (χ4n) is 5.28. The fraction of sp³-hybridized carbons (Fsp3) is 0.189. The third kappa shape index (κ3) is 7.42. The zero-order valence-electron chi connectivity index (χ0n) is 25.1. The zero-order valence-corrected chi connectivity index (χ0v) is 25.1. The highest BCUT2D eigenvalue weighted by molar-refractivity contribution is 6.06. The molecule has 0 saturated carbocycles. The van der Waals surface area contributed by atoms with Gasteiger partial charge in [0.1, 0.15) is 18.4 Å². The van der Waals surface area contributed by atoms with Gasteiger partial charge in [0.2, 0.25) is 5.91 Å². The van der Waals surface area contributed by atoms with Crippen LogP contribution in [0, 0.1) is 6.92 Å². The molecule has 2 atom stereocenters. The Kier molecular flexibility index (Phi) is 9.22. The van der Waals surface area contributed by atoms with E-state index < -0.39 is 0 Å². The molecule has 1 fully saturated rings. The Morgan fingerprint density at radius 3 is 2.58 bits per heavy atom. The lowest BCUT2D eigenvalue weighted by atomic mass is 9.92. The van der Waals surface area contributed by atoms with E-state index in [4.69, 9.17) is 4.74 Å². The number of aryl methyl sites for hydroxylation is 1. The number of anilines is 1. The first kappa shape index (κ1) is 29.7. The molecular weight excluding hydrogens is 562 g/mol. The molecular formula is C37H35N5O3. The number of carbonyl (C=O) groups is 2. The Morgan fingerprint density at radius 2 is 1.82 bits per heavy atom. The molecule has 1 aliphatic carbocycles. The lowest BCUT2D eigenvalue weighted by molar-refractivity contribution is -0.126. The number of hydrogen-bond acceptors (Lipinski definition) is 6. The second-order valence-corrected chi connectivity index (χ2v) is 11.0. The minimum atomic E-state index is -0.373. The van der Waals surface area contributed by atoms with Gasteiger partial charge >= 0.3 is 0 Å². The van der Waals surface area contributed by atoms with E-state index in [1.165, 1.54) is 0 Å². The van der Waals surface area contributed by atoms with Gasteiger partial charge in [0, 0.05) is 24.0 Å². The molecule has 1 N–H and O–H groups in total. The Labute approximate surface area is 263 Å². The summed E-state index contributed by atoms with van der Waals surface area (Å²) in [6.07, 6.45) is 16.5. The molecule has 1 aliphatic heterocycles. The van der Waals surface area contributed by atoms with Crippen molar-refractivity contribution in [3.8, 4) is 5.75 Å². The van der Waals surface area contributed by atoms with E-state index in [1.54, 1.807) is 35.0 Å². The van der Waals surface area contributed by atoms with Crippen molar-refractivity contribution >= 4 is 23.5 Å². The van der Waals surface area contributed by atoms with E-state index >= 15 is 0 Å². The van der Waals surface area contributed by atoms with Gasteiger partial charge in [-0.3, -0.25) is 14.9 Å². The highest BCUT2D eigenvalue weighted by atomic mass is 16.5. The maximum absolute atomic E-state index is 13.3. The summed E-state index contributed by atoms with van der Waals surface area (Å²) in [6, 6.07) is 24.7. The molecule has 0 unspecified atom stereocenters. The van der Waals surface area contributed by atoms with Crippen LogP contribution in [0.4, 0.5) is 5.69 Å². The van der Waals surface area contributed by atoms with Crippen LogP contribution < -0.4 is 15.0 Å². The van der Waals surface area contributed by atoms with Crippen LogP contribution in [0.25, 0.3) is 6.08 Å². The molecule has 0 radical (unpaired) electrons. The molecule has 2 heterocycles. The van der Waals surface area contributed by atoms with Gasteiger partial charge in [-0.15, -0.1) is 5.10 Å². The average molecular weight is 598 g/mol. The molecule has 8 nitrogen and oxygen atoms in total. The van der Waals surface area contributed by atoms with Crippen molar-refractivity contribution in [3.05, 3.63) is 149 Å². The van der Waals surface area contributed by atoms with Crippen LogP contribution in [0.3, 0.4) is 0 Å². The summed E-state index contributed by atoms with van der Waals surface area (Å²) in [5.74, 6) is 0.654. The number of ether oxygens (including phenoxy) is 1. The van der Waals surface area contributed by atoms with Crippen LogP contribution in [0.5, 0.6) is 5.75 Å². The topological polar surface area (TPSA) is 89.4 Å². The molecule has 1 saturated heterocycles. The summed E-state index contributed by atoms with van der Waals surface area (Å²) in [6.45, 7) is 3.34. The minimum absolute atomic E-state index is 0.0226. The Hall–Kier alpha value is -5.34. The molecule has 4 aromatic rings. The molecule has 0 spiro atoms. The van der Waals surface area contributed by atoms with E-state index in [9.17, 15) is 9.59 Å². The lowest BCUT2D eigenvalue weighted by Gasteiger charge is -2.46. The van der Waals surface area contributed by atoms with E-state index in [0.717, 1.165) is 34.5 Å². The van der Waals surface area contributed by atoms with E-state index in [0.29, 0.717) is 31.0 Å². The number of amides is 1.